The van der Waals surface area contributed by atoms with Crippen molar-refractivity contribution in [3.05, 3.63) is 21.8 Å². The molecular formula is C19H38OSn. The van der Waals surface area contributed by atoms with Gasteiger partial charge in [-0.15, -0.1) is 0 Å². The molecule has 21 heavy (non-hydrogen) atoms. The third-order valence-electron chi connectivity index (χ3n) is 4.38. The fraction of sp³-hybridized carbons (Fsp3) is 0.789. The second-order valence-electron chi connectivity index (χ2n) is 6.47. The molecule has 1 nitrogen and oxygen atoms in total. The predicted octanol–water partition coefficient (Wildman–Crippen LogP) is 6.26. The standard InChI is InChI=1S/C7H11O.3C4H9.Sn/c1-3-7(2)5-4-6-8;3*1-3-4-2;/h1,3,5,8H,4,6H2,2H3;3*1,3-4H2,2H3;/b3-1?,7-5+;;;;. The molecule has 0 heterocycles. The van der Waals surface area contributed by atoms with E-state index in [9.17, 15) is 0 Å². The van der Waals surface area contributed by atoms with E-state index in [1.54, 1.807) is 0 Å². The summed E-state index contributed by atoms with van der Waals surface area (Å²) >= 11 is -2.09. The minimum atomic E-state index is -2.09. The molecule has 2 heteroatoms. The first-order valence-corrected chi connectivity index (χ1v) is 16.8. The van der Waals surface area contributed by atoms with Crippen LogP contribution in [0.5, 0.6) is 0 Å². The van der Waals surface area contributed by atoms with Gasteiger partial charge in [0, 0.05) is 0 Å². The topological polar surface area (TPSA) is 20.2 Å². The summed E-state index contributed by atoms with van der Waals surface area (Å²) in [6.45, 7) is 9.43. The van der Waals surface area contributed by atoms with Crippen LogP contribution in [0, 0.1) is 0 Å². The van der Waals surface area contributed by atoms with E-state index in [1.807, 2.05) is 0 Å². The first-order chi connectivity index (χ1) is 10.1. The molecule has 0 aliphatic heterocycles. The van der Waals surface area contributed by atoms with Crippen molar-refractivity contribution >= 4 is 18.4 Å². The zero-order valence-electron chi connectivity index (χ0n) is 15.0. The number of hydrogen-bond acceptors (Lipinski definition) is 1. The average molecular weight is 401 g/mol. The van der Waals surface area contributed by atoms with E-state index in [-0.39, 0.29) is 6.61 Å². The Balaban J connectivity index is 4.96. The average Bonchev–Trinajstić information content (AvgIpc) is 2.51. The van der Waals surface area contributed by atoms with Gasteiger partial charge in [0.1, 0.15) is 0 Å². The Morgan fingerprint density at radius 3 is 1.76 bits per heavy atom. The number of hydrogen-bond donors (Lipinski definition) is 1. The zero-order chi connectivity index (χ0) is 16.0. The summed E-state index contributed by atoms with van der Waals surface area (Å²) in [7, 11) is 0. The molecule has 0 aromatic heterocycles. The Kier molecular flexibility index (Phi) is 14.0. The van der Waals surface area contributed by atoms with E-state index in [4.69, 9.17) is 5.11 Å². The molecule has 0 aliphatic rings. The van der Waals surface area contributed by atoms with Crippen molar-refractivity contribution in [2.45, 2.75) is 86.0 Å². The van der Waals surface area contributed by atoms with Crippen molar-refractivity contribution in [1.29, 1.82) is 0 Å². The van der Waals surface area contributed by atoms with Gasteiger partial charge in [-0.25, -0.2) is 0 Å². The van der Waals surface area contributed by atoms with Crippen molar-refractivity contribution in [3.63, 3.8) is 0 Å². The van der Waals surface area contributed by atoms with Crippen molar-refractivity contribution in [2.75, 3.05) is 6.61 Å². The van der Waals surface area contributed by atoms with Gasteiger partial charge in [-0.05, 0) is 0 Å². The molecule has 0 unspecified atom stereocenters. The Labute approximate surface area is 137 Å². The maximum absolute atomic E-state index is 8.94. The molecule has 0 saturated heterocycles. The van der Waals surface area contributed by atoms with Gasteiger partial charge in [0.25, 0.3) is 0 Å². The number of rotatable bonds is 13. The second kappa shape index (κ2) is 13.9. The predicted molar refractivity (Wildman–Crippen MR) is 99.5 cm³/mol. The molecule has 1 N–H and O–H groups in total. The third kappa shape index (κ3) is 10.6. The molecule has 0 amide bonds. The van der Waals surface area contributed by atoms with Crippen LogP contribution < -0.4 is 0 Å². The van der Waals surface area contributed by atoms with Gasteiger partial charge < -0.3 is 0 Å². The zero-order valence-corrected chi connectivity index (χ0v) is 17.8. The fourth-order valence-corrected chi connectivity index (χ4v) is 17.3. The van der Waals surface area contributed by atoms with Gasteiger partial charge in [-0.2, -0.15) is 0 Å². The van der Waals surface area contributed by atoms with Crippen LogP contribution >= 0.6 is 0 Å². The summed E-state index contributed by atoms with van der Waals surface area (Å²) in [6, 6.07) is 0. The summed E-state index contributed by atoms with van der Waals surface area (Å²) in [5.41, 5.74) is 1.34. The van der Waals surface area contributed by atoms with Crippen molar-refractivity contribution in [1.82, 2.24) is 0 Å². The van der Waals surface area contributed by atoms with Gasteiger partial charge >= 0.3 is 138 Å². The Hall–Kier alpha value is 0.239. The van der Waals surface area contributed by atoms with Gasteiger partial charge in [0.2, 0.25) is 0 Å². The Bertz CT molecular complexity index is 272. The number of aliphatic hydroxyl groups is 1. The first-order valence-electron chi connectivity index (χ1n) is 9.11. The van der Waals surface area contributed by atoms with Gasteiger partial charge in [0.05, 0.1) is 0 Å². The van der Waals surface area contributed by atoms with Gasteiger partial charge in [0.15, 0.2) is 0 Å². The van der Waals surface area contributed by atoms with E-state index in [1.165, 1.54) is 57.4 Å². The van der Waals surface area contributed by atoms with Crippen LogP contribution in [-0.2, 0) is 0 Å². The van der Waals surface area contributed by atoms with E-state index in [2.05, 4.69) is 43.9 Å². The van der Waals surface area contributed by atoms with Crippen molar-refractivity contribution in [3.8, 4) is 0 Å². The molecular weight excluding hydrogens is 363 g/mol. The second-order valence-corrected chi connectivity index (χ2v) is 19.5. The van der Waals surface area contributed by atoms with Crippen LogP contribution in [0.15, 0.2) is 21.8 Å². The van der Waals surface area contributed by atoms with Crippen LogP contribution in [0.25, 0.3) is 0 Å². The Morgan fingerprint density at radius 1 is 0.905 bits per heavy atom. The minimum absolute atomic E-state index is 0.265. The molecule has 0 aromatic carbocycles. The molecule has 0 aliphatic carbocycles. The quantitative estimate of drug-likeness (QED) is 0.285. The molecule has 0 atom stereocenters. The number of allylic oxidation sites excluding steroid dienone is 2. The first kappa shape index (κ1) is 21.2. The van der Waals surface area contributed by atoms with Crippen molar-refractivity contribution in [2.24, 2.45) is 0 Å². The fourth-order valence-electron chi connectivity index (χ4n) is 2.88. The van der Waals surface area contributed by atoms with Crippen molar-refractivity contribution < 1.29 is 5.11 Å². The molecule has 0 saturated carbocycles. The third-order valence-corrected chi connectivity index (χ3v) is 18.4. The summed E-state index contributed by atoms with van der Waals surface area (Å²) in [5.74, 6) is 0. The van der Waals surface area contributed by atoms with E-state index >= 15 is 0 Å². The summed E-state index contributed by atoms with van der Waals surface area (Å²) in [5, 5.41) is 8.94. The van der Waals surface area contributed by atoms with Crippen LogP contribution in [-0.4, -0.2) is 30.1 Å². The van der Waals surface area contributed by atoms with Gasteiger partial charge in [-0.1, -0.05) is 0 Å². The molecule has 0 bridgehead atoms. The van der Waals surface area contributed by atoms with Gasteiger partial charge in [-0.3, -0.25) is 0 Å². The monoisotopic (exact) mass is 402 g/mol. The number of unbranched alkanes of at least 4 members (excludes halogenated alkanes) is 3. The maximum atomic E-state index is 8.94. The summed E-state index contributed by atoms with van der Waals surface area (Å²) in [6.07, 6.45) is 13.6. The molecule has 0 aromatic rings. The SMILES string of the molecule is CCC[CH2][Sn](/[CH]=C/C(C)=C/CCO)([CH2]CCC)[CH2]CCC. The summed E-state index contributed by atoms with van der Waals surface area (Å²) < 4.78 is 7.32. The van der Waals surface area contributed by atoms with Crippen LogP contribution in [0.3, 0.4) is 0 Å². The van der Waals surface area contributed by atoms with E-state index < -0.39 is 18.4 Å². The number of aliphatic hydroxyl groups excluding tert-OH is 1. The molecule has 124 valence electrons. The molecule has 0 radical (unpaired) electrons. The molecule has 0 fully saturated rings. The van der Waals surface area contributed by atoms with Crippen LogP contribution in [0.2, 0.25) is 13.3 Å². The van der Waals surface area contributed by atoms with Crippen LogP contribution in [0.1, 0.15) is 72.6 Å². The van der Waals surface area contributed by atoms with E-state index in [0.29, 0.717) is 0 Å². The van der Waals surface area contributed by atoms with E-state index in [0.717, 1.165) is 6.42 Å². The normalized spacial score (nSPS) is 13.3. The summed E-state index contributed by atoms with van der Waals surface area (Å²) in [4.78, 5) is 0. The molecule has 0 spiro atoms. The Morgan fingerprint density at radius 2 is 1.38 bits per heavy atom. The van der Waals surface area contributed by atoms with Crippen LogP contribution in [0.4, 0.5) is 0 Å². The molecule has 0 rings (SSSR count).